The molecule has 0 aliphatic carbocycles. The van der Waals surface area contributed by atoms with Gasteiger partial charge in [-0.25, -0.2) is 4.79 Å². The molecule has 1 saturated heterocycles. The van der Waals surface area contributed by atoms with Crippen LogP contribution < -0.4 is 5.32 Å². The van der Waals surface area contributed by atoms with E-state index in [9.17, 15) is 15.0 Å². The Morgan fingerprint density at radius 2 is 1.35 bits per heavy atom. The van der Waals surface area contributed by atoms with E-state index in [4.69, 9.17) is 9.84 Å². The van der Waals surface area contributed by atoms with Crippen molar-refractivity contribution in [3.05, 3.63) is 108 Å². The maximum absolute atomic E-state index is 12.3. The Morgan fingerprint density at radius 3 is 1.79 bits per heavy atom. The molecule has 34 heavy (non-hydrogen) atoms. The van der Waals surface area contributed by atoms with Crippen LogP contribution in [-0.2, 0) is 10.3 Å². The molecule has 0 aromatic heterocycles. The highest BCUT2D eigenvalue weighted by Gasteiger charge is 2.40. The van der Waals surface area contributed by atoms with Crippen molar-refractivity contribution in [2.75, 3.05) is 26.3 Å². The largest absolute Gasteiger partial charge is 0.394 e. The van der Waals surface area contributed by atoms with E-state index in [0.29, 0.717) is 0 Å². The topological polar surface area (TPSA) is 102 Å². The summed E-state index contributed by atoms with van der Waals surface area (Å²) in [5, 5.41) is 32.5. The van der Waals surface area contributed by atoms with Gasteiger partial charge in [-0.05, 0) is 16.7 Å². The lowest BCUT2D eigenvalue weighted by atomic mass is 9.80. The SMILES string of the molecule is O=C1N[C@@H]([C@H](O)COC(c2ccccc2)(c2ccccc2)c2ccccc2)CN1CC(O)CO. The van der Waals surface area contributed by atoms with Gasteiger partial charge in [0.25, 0.3) is 0 Å². The number of benzene rings is 3. The Morgan fingerprint density at radius 1 is 0.882 bits per heavy atom. The molecular weight excluding hydrogens is 432 g/mol. The highest BCUT2D eigenvalue weighted by atomic mass is 16.5. The summed E-state index contributed by atoms with van der Waals surface area (Å²) < 4.78 is 6.63. The third-order valence-electron chi connectivity index (χ3n) is 6.13. The molecule has 2 amide bonds. The van der Waals surface area contributed by atoms with Crippen molar-refractivity contribution in [1.82, 2.24) is 10.2 Å². The highest BCUT2D eigenvalue weighted by Crippen LogP contribution is 2.40. The Bertz CT molecular complexity index is 952. The first-order valence-corrected chi connectivity index (χ1v) is 11.4. The maximum Gasteiger partial charge on any atom is 0.317 e. The van der Waals surface area contributed by atoms with Crippen LogP contribution in [-0.4, -0.2) is 70.8 Å². The predicted octanol–water partition coefficient (Wildman–Crippen LogP) is 2.10. The van der Waals surface area contributed by atoms with Crippen LogP contribution in [0.15, 0.2) is 91.0 Å². The number of aliphatic hydroxyl groups excluding tert-OH is 3. The fraction of sp³-hybridized carbons (Fsp3) is 0.296. The van der Waals surface area contributed by atoms with Crippen LogP contribution in [0.5, 0.6) is 0 Å². The monoisotopic (exact) mass is 462 g/mol. The maximum atomic E-state index is 12.3. The zero-order valence-electron chi connectivity index (χ0n) is 18.8. The molecule has 0 spiro atoms. The molecule has 7 heteroatoms. The molecule has 1 aliphatic rings. The third-order valence-corrected chi connectivity index (χ3v) is 6.13. The van der Waals surface area contributed by atoms with Gasteiger partial charge < -0.3 is 30.3 Å². The lowest BCUT2D eigenvalue weighted by molar-refractivity contribution is -0.0463. The Balaban J connectivity index is 1.63. The third kappa shape index (κ3) is 4.98. The van der Waals surface area contributed by atoms with Gasteiger partial charge in [0.15, 0.2) is 0 Å². The van der Waals surface area contributed by atoms with Gasteiger partial charge in [0, 0.05) is 6.54 Å². The molecule has 4 N–H and O–H groups in total. The summed E-state index contributed by atoms with van der Waals surface area (Å²) in [4.78, 5) is 13.7. The van der Waals surface area contributed by atoms with Crippen molar-refractivity contribution in [2.24, 2.45) is 0 Å². The lowest BCUT2D eigenvalue weighted by Crippen LogP contribution is -2.44. The van der Waals surface area contributed by atoms with E-state index in [1.165, 1.54) is 4.90 Å². The number of amides is 2. The van der Waals surface area contributed by atoms with Crippen molar-refractivity contribution < 1.29 is 24.9 Å². The number of carbonyl (C=O) groups excluding carboxylic acids is 1. The number of hydrogen-bond donors (Lipinski definition) is 4. The number of urea groups is 1. The molecule has 1 aliphatic heterocycles. The highest BCUT2D eigenvalue weighted by molar-refractivity contribution is 5.77. The number of aliphatic hydroxyl groups is 3. The number of hydrogen-bond acceptors (Lipinski definition) is 5. The quantitative estimate of drug-likeness (QED) is 0.346. The second kappa shape index (κ2) is 10.8. The van der Waals surface area contributed by atoms with Crippen LogP contribution in [0.25, 0.3) is 0 Å². The van der Waals surface area contributed by atoms with Crippen molar-refractivity contribution in [2.45, 2.75) is 23.9 Å². The molecule has 3 aromatic rings. The van der Waals surface area contributed by atoms with Gasteiger partial charge in [-0.2, -0.15) is 0 Å². The molecule has 0 saturated carbocycles. The van der Waals surface area contributed by atoms with E-state index in [2.05, 4.69) is 5.32 Å². The van der Waals surface area contributed by atoms with Gasteiger partial charge in [0.1, 0.15) is 5.60 Å². The Kier molecular flexibility index (Phi) is 7.59. The van der Waals surface area contributed by atoms with Gasteiger partial charge in [-0.15, -0.1) is 0 Å². The number of carbonyl (C=O) groups is 1. The molecule has 3 aromatic carbocycles. The standard InChI is InChI=1S/C27H30N2O5/c30-18-23(31)16-29-17-24(28-26(29)33)25(32)19-34-27(20-10-4-1-5-11-20,21-12-6-2-7-13-21)22-14-8-3-9-15-22/h1-15,23-25,30-32H,16-19H2,(H,28,33)/t23?,24-,25-/m1/s1. The summed E-state index contributed by atoms with van der Waals surface area (Å²) in [6.45, 7) is -0.280. The molecule has 1 fully saturated rings. The number of nitrogens with zero attached hydrogens (tertiary/aromatic N) is 1. The summed E-state index contributed by atoms with van der Waals surface area (Å²) in [5.74, 6) is 0. The van der Waals surface area contributed by atoms with Crippen LogP contribution in [0, 0.1) is 0 Å². The molecule has 7 nitrogen and oxygen atoms in total. The van der Waals surface area contributed by atoms with Crippen molar-refractivity contribution >= 4 is 6.03 Å². The minimum absolute atomic E-state index is 0.00556. The fourth-order valence-electron chi connectivity index (χ4n) is 4.40. The van der Waals surface area contributed by atoms with E-state index in [1.54, 1.807) is 0 Å². The van der Waals surface area contributed by atoms with Crippen LogP contribution in [0.1, 0.15) is 16.7 Å². The van der Waals surface area contributed by atoms with Crippen LogP contribution >= 0.6 is 0 Å². The number of nitrogens with one attached hydrogen (secondary N) is 1. The van der Waals surface area contributed by atoms with E-state index in [-0.39, 0.29) is 19.7 Å². The van der Waals surface area contributed by atoms with E-state index in [0.717, 1.165) is 16.7 Å². The Labute approximate surface area is 199 Å². The second-order valence-electron chi connectivity index (χ2n) is 8.45. The predicted molar refractivity (Wildman–Crippen MR) is 128 cm³/mol. The van der Waals surface area contributed by atoms with E-state index < -0.39 is 36.5 Å². The first kappa shape index (κ1) is 23.9. The van der Waals surface area contributed by atoms with Crippen molar-refractivity contribution in [3.63, 3.8) is 0 Å². The summed E-state index contributed by atoms with van der Waals surface area (Å²) in [6.07, 6.45) is -2.02. The average Bonchev–Trinajstić information content (AvgIpc) is 3.26. The molecule has 0 bridgehead atoms. The summed E-state index contributed by atoms with van der Waals surface area (Å²) in [6, 6.07) is 28.6. The normalized spacial score (nSPS) is 17.9. The molecule has 3 atom stereocenters. The van der Waals surface area contributed by atoms with Crippen molar-refractivity contribution in [3.8, 4) is 0 Å². The van der Waals surface area contributed by atoms with Crippen molar-refractivity contribution in [1.29, 1.82) is 0 Å². The molecule has 1 heterocycles. The van der Waals surface area contributed by atoms with E-state index >= 15 is 0 Å². The minimum Gasteiger partial charge on any atom is -0.394 e. The summed E-state index contributed by atoms with van der Waals surface area (Å²) >= 11 is 0. The number of β-amino-alcohol motifs (C(OH)–C–C–N with tert-alkyl or cyclic N) is 1. The molecule has 178 valence electrons. The summed E-state index contributed by atoms with van der Waals surface area (Å²) in [5.41, 5.74) is 1.79. The molecule has 1 unspecified atom stereocenters. The number of ether oxygens (including phenoxy) is 1. The van der Waals surface area contributed by atoms with E-state index in [1.807, 2.05) is 91.0 Å². The lowest BCUT2D eigenvalue weighted by Gasteiger charge is -2.37. The minimum atomic E-state index is -1.03. The fourth-order valence-corrected chi connectivity index (χ4v) is 4.40. The number of rotatable bonds is 10. The molecule has 0 radical (unpaired) electrons. The molecule has 4 rings (SSSR count). The van der Waals surface area contributed by atoms with Crippen LogP contribution in [0.3, 0.4) is 0 Å². The van der Waals surface area contributed by atoms with Gasteiger partial charge in [0.05, 0.1) is 38.0 Å². The van der Waals surface area contributed by atoms with Gasteiger partial charge >= 0.3 is 6.03 Å². The first-order valence-electron chi connectivity index (χ1n) is 11.4. The Hall–Kier alpha value is -3.23. The van der Waals surface area contributed by atoms with Gasteiger partial charge in [0.2, 0.25) is 0 Å². The van der Waals surface area contributed by atoms with Gasteiger partial charge in [-0.3, -0.25) is 0 Å². The zero-order valence-corrected chi connectivity index (χ0v) is 18.8. The van der Waals surface area contributed by atoms with Crippen LogP contribution in [0.4, 0.5) is 4.79 Å². The second-order valence-corrected chi connectivity index (χ2v) is 8.45. The zero-order chi connectivity index (χ0) is 24.0. The summed E-state index contributed by atoms with van der Waals surface area (Å²) in [7, 11) is 0. The first-order chi connectivity index (χ1) is 16.5. The van der Waals surface area contributed by atoms with Crippen LogP contribution in [0.2, 0.25) is 0 Å². The molecular formula is C27H30N2O5. The average molecular weight is 463 g/mol. The smallest absolute Gasteiger partial charge is 0.317 e. The van der Waals surface area contributed by atoms with Gasteiger partial charge in [-0.1, -0.05) is 91.0 Å².